The van der Waals surface area contributed by atoms with Gasteiger partial charge in [0.25, 0.3) is 0 Å². The number of esters is 1. The lowest BCUT2D eigenvalue weighted by atomic mass is 9.94. The summed E-state index contributed by atoms with van der Waals surface area (Å²) in [5.41, 5.74) is 0. The summed E-state index contributed by atoms with van der Waals surface area (Å²) in [5.74, 6) is -0.681. The van der Waals surface area contributed by atoms with Crippen molar-refractivity contribution in [1.82, 2.24) is 0 Å². The quantitative estimate of drug-likeness (QED) is 0.589. The SMILES string of the molecule is C[C@H]1OC2(CCCCC2)O[C@H]1[C@H]1C[C@H](O[Si](C)(C)C)C(=O)O1. The van der Waals surface area contributed by atoms with Gasteiger partial charge in [-0.25, -0.2) is 4.79 Å². The van der Waals surface area contributed by atoms with E-state index in [0.717, 1.165) is 25.7 Å². The summed E-state index contributed by atoms with van der Waals surface area (Å²) in [4.78, 5) is 12.1. The highest BCUT2D eigenvalue weighted by Gasteiger charge is 2.52. The number of rotatable bonds is 3. The molecule has 0 amide bonds. The number of carbonyl (C=O) groups excluding carboxylic acids is 1. The zero-order valence-corrected chi connectivity index (χ0v) is 15.1. The molecule has 3 aliphatic rings. The molecule has 0 unspecified atom stereocenters. The first-order valence-corrected chi connectivity index (χ1v) is 11.9. The highest BCUT2D eigenvalue weighted by atomic mass is 28.4. The van der Waals surface area contributed by atoms with Crippen molar-refractivity contribution < 1.29 is 23.4 Å². The van der Waals surface area contributed by atoms with Gasteiger partial charge in [0.2, 0.25) is 0 Å². The molecule has 3 fully saturated rings. The van der Waals surface area contributed by atoms with Gasteiger partial charge in [-0.05, 0) is 39.4 Å². The molecule has 0 N–H and O–H groups in total. The molecule has 1 spiro atoms. The van der Waals surface area contributed by atoms with Crippen LogP contribution in [0.25, 0.3) is 0 Å². The average molecular weight is 328 g/mol. The summed E-state index contributed by atoms with van der Waals surface area (Å²) in [6.45, 7) is 8.28. The Hall–Kier alpha value is -0.433. The number of hydrogen-bond donors (Lipinski definition) is 0. The van der Waals surface area contributed by atoms with Crippen molar-refractivity contribution in [2.45, 2.75) is 95.3 Å². The number of cyclic esters (lactones) is 1. The zero-order chi connectivity index (χ0) is 16.0. The van der Waals surface area contributed by atoms with Crippen LogP contribution in [0, 0.1) is 0 Å². The third kappa shape index (κ3) is 3.40. The Bertz CT molecular complexity index is 427. The van der Waals surface area contributed by atoms with Crippen molar-refractivity contribution in [2.24, 2.45) is 0 Å². The number of carbonyl (C=O) groups is 1. The van der Waals surface area contributed by atoms with Gasteiger partial charge in [0.15, 0.2) is 14.1 Å². The molecule has 3 rings (SSSR count). The molecule has 126 valence electrons. The molecule has 2 aliphatic heterocycles. The standard InChI is InChI=1S/C16H28O5Si/c1-11-14(20-16(19-11)8-6-5-7-9-16)12-10-13(15(17)18-12)21-22(2,3)4/h11-14H,5-10H2,1-4H3/t11-,12-,13+,14-/m1/s1. The molecule has 1 aliphatic carbocycles. The highest BCUT2D eigenvalue weighted by Crippen LogP contribution is 2.43. The van der Waals surface area contributed by atoms with E-state index < -0.39 is 20.2 Å². The van der Waals surface area contributed by atoms with E-state index in [2.05, 4.69) is 19.6 Å². The van der Waals surface area contributed by atoms with Crippen molar-refractivity contribution >= 4 is 14.3 Å². The average Bonchev–Trinajstić information content (AvgIpc) is 2.90. The van der Waals surface area contributed by atoms with Crippen LogP contribution in [-0.2, 0) is 23.4 Å². The Kier molecular flexibility index (Phi) is 4.40. The molecule has 4 atom stereocenters. The van der Waals surface area contributed by atoms with Gasteiger partial charge in [0, 0.05) is 19.3 Å². The van der Waals surface area contributed by atoms with E-state index >= 15 is 0 Å². The fourth-order valence-electron chi connectivity index (χ4n) is 3.79. The second kappa shape index (κ2) is 5.89. The van der Waals surface area contributed by atoms with Gasteiger partial charge in [0.1, 0.15) is 18.3 Å². The first-order valence-electron chi connectivity index (χ1n) is 8.52. The number of hydrogen-bond acceptors (Lipinski definition) is 5. The molecule has 5 nitrogen and oxygen atoms in total. The molecule has 2 heterocycles. The topological polar surface area (TPSA) is 54.0 Å². The predicted octanol–water partition coefficient (Wildman–Crippen LogP) is 2.99. The maximum absolute atomic E-state index is 12.1. The smallest absolute Gasteiger partial charge is 0.334 e. The third-order valence-electron chi connectivity index (χ3n) is 4.67. The van der Waals surface area contributed by atoms with Crippen molar-refractivity contribution in [3.05, 3.63) is 0 Å². The second-order valence-electron chi connectivity index (χ2n) is 7.81. The maximum Gasteiger partial charge on any atom is 0.334 e. The van der Waals surface area contributed by atoms with E-state index in [1.807, 2.05) is 6.92 Å². The van der Waals surface area contributed by atoms with Crippen LogP contribution >= 0.6 is 0 Å². The Morgan fingerprint density at radius 2 is 1.82 bits per heavy atom. The van der Waals surface area contributed by atoms with E-state index in [1.54, 1.807) is 0 Å². The van der Waals surface area contributed by atoms with Gasteiger partial charge < -0.3 is 18.6 Å². The molecule has 2 saturated heterocycles. The molecular weight excluding hydrogens is 300 g/mol. The molecule has 0 bridgehead atoms. The summed E-state index contributed by atoms with van der Waals surface area (Å²) < 4.78 is 23.9. The van der Waals surface area contributed by atoms with Crippen LogP contribution in [0.5, 0.6) is 0 Å². The second-order valence-corrected chi connectivity index (χ2v) is 12.3. The van der Waals surface area contributed by atoms with Crippen LogP contribution in [-0.4, -0.2) is 44.5 Å². The fourth-order valence-corrected chi connectivity index (χ4v) is 4.83. The minimum Gasteiger partial charge on any atom is -0.457 e. The summed E-state index contributed by atoms with van der Waals surface area (Å²) in [7, 11) is -1.76. The van der Waals surface area contributed by atoms with Crippen molar-refractivity contribution in [2.75, 3.05) is 0 Å². The molecule has 6 heteroatoms. The third-order valence-corrected chi connectivity index (χ3v) is 5.66. The molecule has 0 radical (unpaired) electrons. The van der Waals surface area contributed by atoms with Crippen LogP contribution in [0.15, 0.2) is 0 Å². The Morgan fingerprint density at radius 1 is 1.14 bits per heavy atom. The van der Waals surface area contributed by atoms with Crippen LogP contribution < -0.4 is 0 Å². The first-order chi connectivity index (χ1) is 10.3. The van der Waals surface area contributed by atoms with Crippen LogP contribution in [0.2, 0.25) is 19.6 Å². The van der Waals surface area contributed by atoms with Gasteiger partial charge in [-0.3, -0.25) is 0 Å². The van der Waals surface area contributed by atoms with Gasteiger partial charge >= 0.3 is 5.97 Å². The van der Waals surface area contributed by atoms with Crippen LogP contribution in [0.1, 0.15) is 45.4 Å². The lowest BCUT2D eigenvalue weighted by Crippen LogP contribution is -2.37. The van der Waals surface area contributed by atoms with Crippen molar-refractivity contribution in [1.29, 1.82) is 0 Å². The van der Waals surface area contributed by atoms with E-state index in [-0.39, 0.29) is 24.3 Å². The Labute approximate surface area is 133 Å². The van der Waals surface area contributed by atoms with E-state index in [1.165, 1.54) is 6.42 Å². The monoisotopic (exact) mass is 328 g/mol. The van der Waals surface area contributed by atoms with E-state index in [0.29, 0.717) is 6.42 Å². The normalized spacial score (nSPS) is 38.5. The maximum atomic E-state index is 12.1. The summed E-state index contributed by atoms with van der Waals surface area (Å²) in [6.07, 6.45) is 5.12. The molecule has 22 heavy (non-hydrogen) atoms. The Balaban J connectivity index is 1.64. The van der Waals surface area contributed by atoms with Crippen LogP contribution in [0.3, 0.4) is 0 Å². The molecule has 0 aromatic heterocycles. The number of ether oxygens (including phenoxy) is 3. The lowest BCUT2D eigenvalue weighted by molar-refractivity contribution is -0.200. The molecule has 1 saturated carbocycles. The molecule has 0 aromatic rings. The lowest BCUT2D eigenvalue weighted by Gasteiger charge is -2.32. The van der Waals surface area contributed by atoms with Gasteiger partial charge in [-0.15, -0.1) is 0 Å². The summed E-state index contributed by atoms with van der Waals surface area (Å²) in [5, 5.41) is 0. The first kappa shape index (κ1) is 16.4. The predicted molar refractivity (Wildman–Crippen MR) is 84.0 cm³/mol. The molecule has 0 aromatic carbocycles. The van der Waals surface area contributed by atoms with Gasteiger partial charge in [-0.2, -0.15) is 0 Å². The highest BCUT2D eigenvalue weighted by molar-refractivity contribution is 6.69. The molecular formula is C16H28O5Si. The summed E-state index contributed by atoms with van der Waals surface area (Å²) in [6, 6.07) is 0. The minimum absolute atomic E-state index is 0.0402. The van der Waals surface area contributed by atoms with Crippen molar-refractivity contribution in [3.8, 4) is 0 Å². The minimum atomic E-state index is -1.76. The summed E-state index contributed by atoms with van der Waals surface area (Å²) >= 11 is 0. The van der Waals surface area contributed by atoms with Crippen LogP contribution in [0.4, 0.5) is 0 Å². The van der Waals surface area contributed by atoms with E-state index in [4.69, 9.17) is 18.6 Å². The van der Waals surface area contributed by atoms with Gasteiger partial charge in [0.05, 0.1) is 6.10 Å². The van der Waals surface area contributed by atoms with Crippen molar-refractivity contribution in [3.63, 3.8) is 0 Å². The largest absolute Gasteiger partial charge is 0.457 e. The zero-order valence-electron chi connectivity index (χ0n) is 14.1. The fraction of sp³-hybridized carbons (Fsp3) is 0.938. The van der Waals surface area contributed by atoms with E-state index in [9.17, 15) is 4.79 Å². The van der Waals surface area contributed by atoms with Gasteiger partial charge in [-0.1, -0.05) is 6.42 Å². The Morgan fingerprint density at radius 3 is 2.45 bits per heavy atom.